The Balaban J connectivity index is 1.71. The zero-order valence-corrected chi connectivity index (χ0v) is 16.7. The Morgan fingerprint density at radius 3 is 2.52 bits per heavy atom. The standard InChI is InChI=1S/C23H24N4O2/c1-16-7-6-10-19(17(16)2)25-23(28)20-15-21(27-11-13-29-14-12-27)26-22(24-20)18-8-4-3-5-9-18/h3-10,15H,11-14H2,1-2H3,(H,25,28). The normalized spacial score (nSPS) is 13.9. The molecular formula is C23H24N4O2. The molecule has 148 valence electrons. The fourth-order valence-electron chi connectivity index (χ4n) is 3.29. The van der Waals surface area contributed by atoms with Gasteiger partial charge in [-0.2, -0.15) is 0 Å². The van der Waals surface area contributed by atoms with E-state index in [4.69, 9.17) is 9.72 Å². The highest BCUT2D eigenvalue weighted by Gasteiger charge is 2.19. The summed E-state index contributed by atoms with van der Waals surface area (Å²) in [6, 6.07) is 17.4. The molecule has 4 rings (SSSR count). The summed E-state index contributed by atoms with van der Waals surface area (Å²) in [5.74, 6) is 1.04. The highest BCUT2D eigenvalue weighted by atomic mass is 16.5. The highest BCUT2D eigenvalue weighted by molar-refractivity contribution is 6.04. The molecular weight excluding hydrogens is 364 g/mol. The monoisotopic (exact) mass is 388 g/mol. The molecule has 2 heterocycles. The molecule has 0 spiro atoms. The van der Waals surface area contributed by atoms with Crippen LogP contribution in [0.4, 0.5) is 11.5 Å². The van der Waals surface area contributed by atoms with Gasteiger partial charge in [-0.3, -0.25) is 4.79 Å². The van der Waals surface area contributed by atoms with Gasteiger partial charge in [0.1, 0.15) is 11.5 Å². The van der Waals surface area contributed by atoms with Gasteiger partial charge in [-0.1, -0.05) is 42.5 Å². The first-order valence-electron chi connectivity index (χ1n) is 9.76. The minimum absolute atomic E-state index is 0.243. The Hall–Kier alpha value is -3.25. The van der Waals surface area contributed by atoms with Gasteiger partial charge in [0, 0.05) is 30.4 Å². The van der Waals surface area contributed by atoms with E-state index in [9.17, 15) is 4.79 Å². The number of anilines is 2. The van der Waals surface area contributed by atoms with E-state index >= 15 is 0 Å². The van der Waals surface area contributed by atoms with Crippen LogP contribution in [0.15, 0.2) is 54.6 Å². The number of carbonyl (C=O) groups excluding carboxylic acids is 1. The highest BCUT2D eigenvalue weighted by Crippen LogP contribution is 2.23. The van der Waals surface area contributed by atoms with Crippen molar-refractivity contribution in [2.45, 2.75) is 13.8 Å². The molecule has 1 aliphatic heterocycles. The van der Waals surface area contributed by atoms with E-state index in [2.05, 4.69) is 15.2 Å². The third-order valence-electron chi connectivity index (χ3n) is 5.17. The van der Waals surface area contributed by atoms with Crippen molar-refractivity contribution in [2.24, 2.45) is 0 Å². The maximum Gasteiger partial charge on any atom is 0.274 e. The summed E-state index contributed by atoms with van der Waals surface area (Å²) in [5, 5.41) is 3.00. The summed E-state index contributed by atoms with van der Waals surface area (Å²) in [6.07, 6.45) is 0. The molecule has 0 saturated carbocycles. The fourth-order valence-corrected chi connectivity index (χ4v) is 3.29. The number of hydrogen-bond donors (Lipinski definition) is 1. The molecule has 3 aromatic rings. The van der Waals surface area contributed by atoms with Crippen LogP contribution in [0.5, 0.6) is 0 Å². The summed E-state index contributed by atoms with van der Waals surface area (Å²) >= 11 is 0. The molecule has 1 N–H and O–H groups in total. The van der Waals surface area contributed by atoms with Crippen molar-refractivity contribution >= 4 is 17.4 Å². The Morgan fingerprint density at radius 2 is 1.76 bits per heavy atom. The van der Waals surface area contributed by atoms with Crippen LogP contribution in [0, 0.1) is 13.8 Å². The van der Waals surface area contributed by atoms with Gasteiger partial charge in [-0.05, 0) is 31.0 Å². The van der Waals surface area contributed by atoms with Crippen LogP contribution in [-0.2, 0) is 4.74 Å². The molecule has 1 saturated heterocycles. The van der Waals surface area contributed by atoms with E-state index in [1.54, 1.807) is 6.07 Å². The number of hydrogen-bond acceptors (Lipinski definition) is 5. The van der Waals surface area contributed by atoms with E-state index in [0.717, 1.165) is 41.3 Å². The number of amides is 1. The van der Waals surface area contributed by atoms with Gasteiger partial charge in [0.05, 0.1) is 13.2 Å². The number of carbonyl (C=O) groups is 1. The van der Waals surface area contributed by atoms with Crippen LogP contribution < -0.4 is 10.2 Å². The number of nitrogens with one attached hydrogen (secondary N) is 1. The lowest BCUT2D eigenvalue weighted by molar-refractivity contribution is 0.102. The van der Waals surface area contributed by atoms with Crippen molar-refractivity contribution < 1.29 is 9.53 Å². The maximum absolute atomic E-state index is 13.1. The first kappa shape index (κ1) is 19.1. The van der Waals surface area contributed by atoms with Gasteiger partial charge in [0.2, 0.25) is 0 Å². The fraction of sp³-hybridized carbons (Fsp3) is 0.261. The van der Waals surface area contributed by atoms with Gasteiger partial charge < -0.3 is 15.0 Å². The molecule has 1 aliphatic rings. The molecule has 2 aromatic carbocycles. The molecule has 0 atom stereocenters. The van der Waals surface area contributed by atoms with Crippen LogP contribution >= 0.6 is 0 Å². The van der Waals surface area contributed by atoms with Crippen LogP contribution in [0.1, 0.15) is 21.6 Å². The number of aryl methyl sites for hydroxylation is 1. The predicted molar refractivity (Wildman–Crippen MR) is 114 cm³/mol. The maximum atomic E-state index is 13.1. The minimum atomic E-state index is -0.243. The van der Waals surface area contributed by atoms with Crippen molar-refractivity contribution in [1.29, 1.82) is 0 Å². The quantitative estimate of drug-likeness (QED) is 0.735. The lowest BCUT2D eigenvalue weighted by atomic mass is 10.1. The minimum Gasteiger partial charge on any atom is -0.378 e. The largest absolute Gasteiger partial charge is 0.378 e. The molecule has 6 nitrogen and oxygen atoms in total. The molecule has 6 heteroatoms. The SMILES string of the molecule is Cc1cccc(NC(=O)c2cc(N3CCOCC3)nc(-c3ccccc3)n2)c1C. The summed E-state index contributed by atoms with van der Waals surface area (Å²) in [6.45, 7) is 6.80. The summed E-state index contributed by atoms with van der Waals surface area (Å²) in [4.78, 5) is 24.5. The van der Waals surface area contributed by atoms with Crippen molar-refractivity contribution in [2.75, 3.05) is 36.5 Å². The average Bonchev–Trinajstić information content (AvgIpc) is 2.78. The number of morpholine rings is 1. The van der Waals surface area contributed by atoms with Gasteiger partial charge >= 0.3 is 0 Å². The van der Waals surface area contributed by atoms with Crippen molar-refractivity contribution in [3.63, 3.8) is 0 Å². The average molecular weight is 388 g/mol. The molecule has 0 radical (unpaired) electrons. The predicted octanol–water partition coefficient (Wildman–Crippen LogP) is 3.85. The van der Waals surface area contributed by atoms with Gasteiger partial charge in [-0.15, -0.1) is 0 Å². The van der Waals surface area contributed by atoms with Crippen LogP contribution in [0.2, 0.25) is 0 Å². The summed E-state index contributed by atoms with van der Waals surface area (Å²) in [7, 11) is 0. The second kappa shape index (κ2) is 8.41. The summed E-state index contributed by atoms with van der Waals surface area (Å²) < 4.78 is 5.45. The van der Waals surface area contributed by atoms with Crippen molar-refractivity contribution in [1.82, 2.24) is 9.97 Å². The number of ether oxygens (including phenoxy) is 1. The second-order valence-electron chi connectivity index (χ2n) is 7.10. The zero-order chi connectivity index (χ0) is 20.2. The Labute approximate surface area is 170 Å². The molecule has 0 aliphatic carbocycles. The second-order valence-corrected chi connectivity index (χ2v) is 7.10. The first-order valence-corrected chi connectivity index (χ1v) is 9.76. The molecule has 1 aromatic heterocycles. The zero-order valence-electron chi connectivity index (χ0n) is 16.7. The van der Waals surface area contributed by atoms with Gasteiger partial charge in [0.25, 0.3) is 5.91 Å². The topological polar surface area (TPSA) is 67.4 Å². The third-order valence-corrected chi connectivity index (χ3v) is 5.17. The Bertz CT molecular complexity index is 1010. The van der Waals surface area contributed by atoms with Crippen molar-refractivity contribution in [3.8, 4) is 11.4 Å². The lowest BCUT2D eigenvalue weighted by Crippen LogP contribution is -2.37. The Kier molecular flexibility index (Phi) is 5.53. The number of rotatable bonds is 4. The van der Waals surface area contributed by atoms with Gasteiger partial charge in [-0.25, -0.2) is 9.97 Å². The van der Waals surface area contributed by atoms with E-state index in [0.29, 0.717) is 24.7 Å². The van der Waals surface area contributed by atoms with E-state index < -0.39 is 0 Å². The van der Waals surface area contributed by atoms with Crippen LogP contribution in [0.3, 0.4) is 0 Å². The van der Waals surface area contributed by atoms with E-state index in [1.807, 2.05) is 62.4 Å². The number of aromatic nitrogens is 2. The first-order chi connectivity index (χ1) is 14.1. The van der Waals surface area contributed by atoms with E-state index in [1.165, 1.54) is 0 Å². The molecule has 1 fully saturated rings. The van der Waals surface area contributed by atoms with Crippen molar-refractivity contribution in [3.05, 3.63) is 71.4 Å². The van der Waals surface area contributed by atoms with Crippen LogP contribution in [-0.4, -0.2) is 42.2 Å². The molecule has 29 heavy (non-hydrogen) atoms. The molecule has 0 bridgehead atoms. The van der Waals surface area contributed by atoms with Gasteiger partial charge in [0.15, 0.2) is 5.82 Å². The number of benzene rings is 2. The Morgan fingerprint density at radius 1 is 1.00 bits per heavy atom. The lowest BCUT2D eigenvalue weighted by Gasteiger charge is -2.28. The number of nitrogens with zero attached hydrogens (tertiary/aromatic N) is 3. The smallest absolute Gasteiger partial charge is 0.274 e. The van der Waals surface area contributed by atoms with Crippen LogP contribution in [0.25, 0.3) is 11.4 Å². The molecule has 1 amide bonds. The summed E-state index contributed by atoms with van der Waals surface area (Å²) in [5.41, 5.74) is 4.20. The molecule has 0 unspecified atom stereocenters. The third kappa shape index (κ3) is 4.27. The van der Waals surface area contributed by atoms with E-state index in [-0.39, 0.29) is 5.91 Å².